The van der Waals surface area contributed by atoms with Gasteiger partial charge in [0.15, 0.2) is 0 Å². The summed E-state index contributed by atoms with van der Waals surface area (Å²) in [6.07, 6.45) is 0.938. The molecular weight excluding hydrogens is 380 g/mol. The minimum Gasteiger partial charge on any atom is -0.339 e. The lowest BCUT2D eigenvalue weighted by atomic mass is 10.0. The predicted molar refractivity (Wildman–Crippen MR) is 116 cm³/mol. The lowest BCUT2D eigenvalue weighted by molar-refractivity contribution is -0.384. The molecule has 156 valence electrons. The second-order valence-electron chi connectivity index (χ2n) is 7.43. The van der Waals surface area contributed by atoms with Crippen LogP contribution in [0, 0.1) is 24.0 Å². The van der Waals surface area contributed by atoms with Gasteiger partial charge in [-0.2, -0.15) is 5.10 Å². The highest BCUT2D eigenvalue weighted by molar-refractivity contribution is 5.76. The monoisotopic (exact) mass is 406 g/mol. The molecular formula is C23H26N4O3. The smallest absolute Gasteiger partial charge is 0.269 e. The molecule has 1 aromatic heterocycles. The first-order chi connectivity index (χ1) is 14.3. The number of nitro benzene ring substituents is 1. The number of hydrogen-bond donors (Lipinski definition) is 0. The number of aryl methyl sites for hydroxylation is 1. The first kappa shape index (κ1) is 21.2. The predicted octanol–water partition coefficient (Wildman–Crippen LogP) is 4.55. The molecule has 0 spiro atoms. The fraction of sp³-hybridized carbons (Fsp3) is 0.304. The van der Waals surface area contributed by atoms with Crippen molar-refractivity contribution in [3.05, 3.63) is 87.2 Å². The lowest BCUT2D eigenvalue weighted by Crippen LogP contribution is -2.29. The van der Waals surface area contributed by atoms with Crippen LogP contribution in [0.15, 0.2) is 54.6 Å². The minimum absolute atomic E-state index is 0.0136. The Hall–Kier alpha value is -3.48. The molecule has 1 amide bonds. The highest BCUT2D eigenvalue weighted by Gasteiger charge is 2.21. The van der Waals surface area contributed by atoms with Gasteiger partial charge in [-0.15, -0.1) is 0 Å². The second kappa shape index (κ2) is 8.90. The maximum absolute atomic E-state index is 12.8. The van der Waals surface area contributed by atoms with Crippen molar-refractivity contribution in [3.8, 4) is 5.69 Å². The average molecular weight is 406 g/mol. The lowest BCUT2D eigenvalue weighted by Gasteiger charge is -2.25. The van der Waals surface area contributed by atoms with E-state index in [1.807, 2.05) is 55.8 Å². The maximum Gasteiger partial charge on any atom is 0.269 e. The van der Waals surface area contributed by atoms with Gasteiger partial charge in [-0.1, -0.05) is 30.3 Å². The number of hydrogen-bond acceptors (Lipinski definition) is 4. The summed E-state index contributed by atoms with van der Waals surface area (Å²) in [7, 11) is 1.74. The number of non-ortho nitro benzene ring substituents is 1. The Balaban J connectivity index is 1.70. The normalized spacial score (nSPS) is 11.9. The van der Waals surface area contributed by atoms with Gasteiger partial charge in [-0.3, -0.25) is 14.9 Å². The van der Waals surface area contributed by atoms with Crippen molar-refractivity contribution in [2.45, 2.75) is 39.7 Å². The summed E-state index contributed by atoms with van der Waals surface area (Å²) in [6, 6.07) is 16.1. The molecule has 0 radical (unpaired) electrons. The summed E-state index contributed by atoms with van der Waals surface area (Å²) in [5, 5.41) is 15.7. The van der Waals surface area contributed by atoms with E-state index in [0.29, 0.717) is 12.8 Å². The molecule has 0 aliphatic carbocycles. The number of benzene rings is 2. The Bertz CT molecular complexity index is 1060. The van der Waals surface area contributed by atoms with Crippen LogP contribution >= 0.6 is 0 Å². The topological polar surface area (TPSA) is 81.3 Å². The number of para-hydroxylation sites is 1. The van der Waals surface area contributed by atoms with Crippen LogP contribution in [0.4, 0.5) is 5.69 Å². The number of carbonyl (C=O) groups excluding carboxylic acids is 1. The minimum atomic E-state index is -0.423. The van der Waals surface area contributed by atoms with E-state index < -0.39 is 4.92 Å². The number of nitrogens with zero attached hydrogens (tertiary/aromatic N) is 4. The highest BCUT2D eigenvalue weighted by Crippen LogP contribution is 2.25. The number of rotatable bonds is 7. The Morgan fingerprint density at radius 2 is 1.87 bits per heavy atom. The number of carbonyl (C=O) groups is 1. The fourth-order valence-corrected chi connectivity index (χ4v) is 3.60. The van der Waals surface area contributed by atoms with E-state index >= 15 is 0 Å². The van der Waals surface area contributed by atoms with Crippen LogP contribution in [0.1, 0.15) is 41.9 Å². The van der Waals surface area contributed by atoms with Crippen molar-refractivity contribution >= 4 is 11.6 Å². The first-order valence-corrected chi connectivity index (χ1v) is 9.90. The van der Waals surface area contributed by atoms with Crippen molar-refractivity contribution < 1.29 is 9.72 Å². The van der Waals surface area contributed by atoms with E-state index in [4.69, 9.17) is 0 Å². The number of aromatic nitrogens is 2. The third-order valence-electron chi connectivity index (χ3n) is 5.57. The van der Waals surface area contributed by atoms with Crippen LogP contribution in [0.2, 0.25) is 0 Å². The van der Waals surface area contributed by atoms with Crippen molar-refractivity contribution in [1.82, 2.24) is 14.7 Å². The molecule has 30 heavy (non-hydrogen) atoms. The number of amides is 1. The van der Waals surface area contributed by atoms with Crippen LogP contribution in [0.25, 0.3) is 5.69 Å². The summed E-state index contributed by atoms with van der Waals surface area (Å²) in [4.78, 5) is 25.1. The molecule has 0 fully saturated rings. The zero-order valence-electron chi connectivity index (χ0n) is 17.7. The van der Waals surface area contributed by atoms with Gasteiger partial charge in [0.05, 0.1) is 22.3 Å². The Labute approximate surface area is 176 Å². The molecule has 1 atom stereocenters. The zero-order chi connectivity index (χ0) is 21.8. The van der Waals surface area contributed by atoms with Gasteiger partial charge in [0.1, 0.15) is 0 Å². The van der Waals surface area contributed by atoms with E-state index in [0.717, 1.165) is 28.2 Å². The largest absolute Gasteiger partial charge is 0.339 e. The molecule has 0 N–H and O–H groups in total. The van der Waals surface area contributed by atoms with E-state index in [1.165, 1.54) is 12.1 Å². The number of nitro groups is 1. The van der Waals surface area contributed by atoms with Gasteiger partial charge < -0.3 is 4.90 Å². The average Bonchev–Trinajstić information content (AvgIpc) is 3.05. The van der Waals surface area contributed by atoms with Crippen LogP contribution in [0.3, 0.4) is 0 Å². The quantitative estimate of drug-likeness (QED) is 0.426. The highest BCUT2D eigenvalue weighted by atomic mass is 16.6. The first-order valence-electron chi connectivity index (χ1n) is 9.90. The molecule has 0 saturated heterocycles. The van der Waals surface area contributed by atoms with E-state index in [-0.39, 0.29) is 17.6 Å². The van der Waals surface area contributed by atoms with Crippen LogP contribution in [-0.2, 0) is 11.2 Å². The third-order valence-corrected chi connectivity index (χ3v) is 5.57. The summed E-state index contributed by atoms with van der Waals surface area (Å²) >= 11 is 0. The molecule has 0 aliphatic heterocycles. The van der Waals surface area contributed by atoms with Gasteiger partial charge in [0.25, 0.3) is 5.69 Å². The SMILES string of the molecule is Cc1nn(-c2ccccc2)c(C)c1CCC(=O)N(C)[C@H](C)c1cccc([N+](=O)[O-])c1. The molecule has 7 heteroatoms. The van der Waals surface area contributed by atoms with Crippen molar-refractivity contribution in [2.75, 3.05) is 7.05 Å². The molecule has 0 bridgehead atoms. The molecule has 7 nitrogen and oxygen atoms in total. The van der Waals surface area contributed by atoms with Gasteiger partial charge in [0, 0.05) is 31.3 Å². The van der Waals surface area contributed by atoms with Gasteiger partial charge in [0.2, 0.25) is 5.91 Å². The molecule has 2 aromatic carbocycles. The summed E-state index contributed by atoms with van der Waals surface area (Å²) < 4.78 is 1.91. The summed E-state index contributed by atoms with van der Waals surface area (Å²) in [5.41, 5.74) is 4.78. The molecule has 0 saturated carbocycles. The summed E-state index contributed by atoms with van der Waals surface area (Å²) in [5.74, 6) is -0.0136. The Morgan fingerprint density at radius 1 is 1.17 bits per heavy atom. The van der Waals surface area contributed by atoms with Gasteiger partial charge in [-0.05, 0) is 50.5 Å². The zero-order valence-corrected chi connectivity index (χ0v) is 17.7. The molecule has 0 aliphatic rings. The van der Waals surface area contributed by atoms with Crippen molar-refractivity contribution in [3.63, 3.8) is 0 Å². The summed E-state index contributed by atoms with van der Waals surface area (Å²) in [6.45, 7) is 5.85. The van der Waals surface area contributed by atoms with E-state index in [1.54, 1.807) is 24.1 Å². The Morgan fingerprint density at radius 3 is 2.53 bits per heavy atom. The molecule has 0 unspecified atom stereocenters. The second-order valence-corrected chi connectivity index (χ2v) is 7.43. The third kappa shape index (κ3) is 4.40. The van der Waals surface area contributed by atoms with E-state index in [2.05, 4.69) is 5.10 Å². The molecule has 3 rings (SSSR count). The van der Waals surface area contributed by atoms with Crippen molar-refractivity contribution in [2.24, 2.45) is 0 Å². The molecule has 3 aromatic rings. The van der Waals surface area contributed by atoms with Gasteiger partial charge >= 0.3 is 0 Å². The Kier molecular flexibility index (Phi) is 6.30. The van der Waals surface area contributed by atoms with E-state index in [9.17, 15) is 14.9 Å². The maximum atomic E-state index is 12.8. The fourth-order valence-electron chi connectivity index (χ4n) is 3.60. The van der Waals surface area contributed by atoms with Crippen LogP contribution < -0.4 is 0 Å². The van der Waals surface area contributed by atoms with Crippen LogP contribution in [0.5, 0.6) is 0 Å². The standard InChI is InChI=1S/C23H26N4O3/c1-16-22(18(3)26(24-16)20-10-6-5-7-11-20)13-14-23(28)25(4)17(2)19-9-8-12-21(15-19)27(29)30/h5-12,15,17H,13-14H2,1-4H3/t17-/m1/s1. The van der Waals surface area contributed by atoms with Crippen molar-refractivity contribution in [1.29, 1.82) is 0 Å². The van der Waals surface area contributed by atoms with Gasteiger partial charge in [-0.25, -0.2) is 4.68 Å². The molecule has 1 heterocycles. The van der Waals surface area contributed by atoms with Crippen LogP contribution in [-0.4, -0.2) is 32.6 Å².